The molecule has 2 rings (SSSR count). The molecule has 1 aromatic rings. The number of Topliss-reactive ketones (excluding diaryl/α,β-unsaturated/α-hetero) is 1. The van der Waals surface area contributed by atoms with Crippen molar-refractivity contribution in [1.82, 2.24) is 4.90 Å². The Morgan fingerprint density at radius 3 is 1.90 bits per heavy atom. The molecule has 148 valence electrons. The molecule has 0 atom stereocenters. The highest BCUT2D eigenvalue weighted by Gasteiger charge is 2.31. The Hall–Kier alpha value is -3.83. The summed E-state index contributed by atoms with van der Waals surface area (Å²) >= 11 is 0. The topological polar surface area (TPSA) is 115 Å². The number of nitriles is 3. The van der Waals surface area contributed by atoms with Gasteiger partial charge in [0.25, 0.3) is 0 Å². The van der Waals surface area contributed by atoms with Gasteiger partial charge in [0.05, 0.1) is 36.4 Å². The van der Waals surface area contributed by atoms with Crippen LogP contribution in [-0.4, -0.2) is 43.8 Å². The highest BCUT2D eigenvalue weighted by molar-refractivity contribution is 6.03. The third kappa shape index (κ3) is 4.72. The van der Waals surface area contributed by atoms with Crippen LogP contribution in [0.3, 0.4) is 0 Å². The summed E-state index contributed by atoms with van der Waals surface area (Å²) in [4.78, 5) is 30.2. The zero-order chi connectivity index (χ0) is 21.4. The number of rotatable bonds is 8. The van der Waals surface area contributed by atoms with E-state index in [4.69, 9.17) is 10.5 Å². The lowest BCUT2D eigenvalue weighted by atomic mass is 10.1. The maximum atomic E-state index is 12.7. The van der Waals surface area contributed by atoms with E-state index in [1.807, 2.05) is 42.5 Å². The van der Waals surface area contributed by atoms with Gasteiger partial charge < -0.3 is 14.7 Å². The minimum atomic E-state index is -0.414. The van der Waals surface area contributed by atoms with E-state index in [1.54, 1.807) is 23.9 Å². The number of hydrogen-bond donors (Lipinski definition) is 0. The van der Waals surface area contributed by atoms with Crippen LogP contribution >= 0.6 is 0 Å². The Labute approximate surface area is 170 Å². The zero-order valence-electron chi connectivity index (χ0n) is 16.6. The number of nitrogens with zero attached hydrogens (tertiary/aromatic N) is 6. The second-order valence-electron chi connectivity index (χ2n) is 6.54. The summed E-state index contributed by atoms with van der Waals surface area (Å²) in [5.74, 6) is -0.234. The Balaban J connectivity index is 2.14. The molecular weight excluding hydrogens is 368 g/mol. The fourth-order valence-corrected chi connectivity index (χ4v) is 3.29. The molecular formula is C21H22N6O2. The molecule has 1 aliphatic rings. The second-order valence-corrected chi connectivity index (χ2v) is 6.54. The predicted molar refractivity (Wildman–Crippen MR) is 107 cm³/mol. The Morgan fingerprint density at radius 2 is 1.45 bits per heavy atom. The molecule has 0 unspecified atom stereocenters. The molecule has 1 heterocycles. The van der Waals surface area contributed by atoms with Crippen LogP contribution in [0.5, 0.6) is 0 Å². The van der Waals surface area contributed by atoms with Gasteiger partial charge in [0.15, 0.2) is 5.78 Å². The van der Waals surface area contributed by atoms with Crippen molar-refractivity contribution < 1.29 is 9.59 Å². The maximum Gasteiger partial charge on any atom is 0.223 e. The number of allylic oxidation sites excluding steroid dienone is 1. The van der Waals surface area contributed by atoms with E-state index in [1.165, 1.54) is 4.90 Å². The Morgan fingerprint density at radius 1 is 0.931 bits per heavy atom. The maximum absolute atomic E-state index is 12.7. The third-order valence-corrected chi connectivity index (χ3v) is 4.76. The molecule has 0 fully saturated rings. The van der Waals surface area contributed by atoms with Crippen LogP contribution in [0, 0.1) is 34.0 Å². The van der Waals surface area contributed by atoms with E-state index in [2.05, 4.69) is 0 Å². The molecule has 29 heavy (non-hydrogen) atoms. The first-order valence-corrected chi connectivity index (χ1v) is 9.22. The molecule has 1 aromatic carbocycles. The number of amides is 1. The number of fused-ring (bicyclic) bond motifs is 1. The van der Waals surface area contributed by atoms with Gasteiger partial charge in [-0.15, -0.1) is 0 Å². The summed E-state index contributed by atoms with van der Waals surface area (Å²) in [6.07, 6.45) is 0.131. The smallest absolute Gasteiger partial charge is 0.223 e. The van der Waals surface area contributed by atoms with Gasteiger partial charge in [-0.1, -0.05) is 12.1 Å². The van der Waals surface area contributed by atoms with Crippen LogP contribution in [-0.2, 0) is 9.59 Å². The first kappa shape index (κ1) is 21.5. The highest BCUT2D eigenvalue weighted by atomic mass is 16.2. The van der Waals surface area contributed by atoms with Crippen molar-refractivity contribution in [3.63, 3.8) is 0 Å². The second kappa shape index (κ2) is 9.92. The van der Waals surface area contributed by atoms with Crippen molar-refractivity contribution in [2.45, 2.75) is 25.7 Å². The van der Waals surface area contributed by atoms with Crippen molar-refractivity contribution >= 4 is 23.1 Å². The summed E-state index contributed by atoms with van der Waals surface area (Å²) < 4.78 is 0. The molecule has 0 saturated heterocycles. The summed E-state index contributed by atoms with van der Waals surface area (Å²) in [5.41, 5.74) is 1.78. The van der Waals surface area contributed by atoms with Gasteiger partial charge in [0.2, 0.25) is 5.91 Å². The standard InChI is InChI=1S/C21H22N6O2/c1-25-17-7-3-4-8-18(17)26(2)21(25)16(15-24)19(28)9-10-20(29)27(13-5-11-22)14-6-12-23/h3-4,7-8H,5-6,9-10,13-14H2,1-2H3. The molecule has 0 aliphatic carbocycles. The summed E-state index contributed by atoms with van der Waals surface area (Å²) in [7, 11) is 3.58. The molecule has 1 amide bonds. The zero-order valence-corrected chi connectivity index (χ0v) is 16.6. The van der Waals surface area contributed by atoms with E-state index in [9.17, 15) is 14.9 Å². The molecule has 0 saturated carbocycles. The lowest BCUT2D eigenvalue weighted by molar-refractivity contribution is -0.132. The summed E-state index contributed by atoms with van der Waals surface area (Å²) in [6.45, 7) is 0.441. The first-order chi connectivity index (χ1) is 14.0. The van der Waals surface area contributed by atoms with Crippen molar-refractivity contribution in [2.75, 3.05) is 37.0 Å². The van der Waals surface area contributed by atoms with Crippen LogP contribution in [0.2, 0.25) is 0 Å². The van der Waals surface area contributed by atoms with Crippen molar-refractivity contribution in [2.24, 2.45) is 0 Å². The third-order valence-electron chi connectivity index (χ3n) is 4.76. The Kier molecular flexibility index (Phi) is 7.34. The summed E-state index contributed by atoms with van der Waals surface area (Å²) in [6, 6.07) is 13.5. The van der Waals surface area contributed by atoms with E-state index < -0.39 is 5.78 Å². The van der Waals surface area contributed by atoms with Crippen LogP contribution in [0.1, 0.15) is 25.7 Å². The van der Waals surface area contributed by atoms with Crippen LogP contribution < -0.4 is 9.80 Å². The summed E-state index contributed by atoms with van der Waals surface area (Å²) in [5, 5.41) is 27.1. The molecule has 0 aromatic heterocycles. The van der Waals surface area contributed by atoms with Gasteiger partial charge in [0.1, 0.15) is 17.5 Å². The fraction of sp³-hybridized carbons (Fsp3) is 0.381. The van der Waals surface area contributed by atoms with Gasteiger partial charge in [-0.2, -0.15) is 15.8 Å². The molecule has 0 spiro atoms. The first-order valence-electron chi connectivity index (χ1n) is 9.22. The van der Waals surface area contributed by atoms with E-state index in [0.29, 0.717) is 5.82 Å². The van der Waals surface area contributed by atoms with E-state index in [0.717, 1.165) is 11.4 Å². The SMILES string of the molecule is CN1C(=C(C#N)C(=O)CCC(=O)N(CCC#N)CCC#N)N(C)c2ccccc21. The average molecular weight is 390 g/mol. The number of carbonyl (C=O) groups is 2. The molecule has 0 N–H and O–H groups in total. The fourth-order valence-electron chi connectivity index (χ4n) is 3.29. The van der Waals surface area contributed by atoms with Gasteiger partial charge in [0, 0.05) is 40.0 Å². The van der Waals surface area contributed by atoms with Gasteiger partial charge >= 0.3 is 0 Å². The van der Waals surface area contributed by atoms with Crippen molar-refractivity contribution in [3.05, 3.63) is 35.7 Å². The van der Waals surface area contributed by atoms with E-state index >= 15 is 0 Å². The highest BCUT2D eigenvalue weighted by Crippen LogP contribution is 2.40. The Bertz CT molecular complexity index is 898. The average Bonchev–Trinajstić information content (AvgIpc) is 2.98. The van der Waals surface area contributed by atoms with Crippen LogP contribution in [0.4, 0.5) is 11.4 Å². The molecule has 8 heteroatoms. The number of ketones is 1. The number of para-hydroxylation sites is 2. The van der Waals surface area contributed by atoms with Crippen LogP contribution in [0.15, 0.2) is 35.7 Å². The lowest BCUT2D eigenvalue weighted by Crippen LogP contribution is -2.33. The van der Waals surface area contributed by atoms with Crippen LogP contribution in [0.25, 0.3) is 0 Å². The molecule has 8 nitrogen and oxygen atoms in total. The monoisotopic (exact) mass is 390 g/mol. The van der Waals surface area contributed by atoms with Gasteiger partial charge in [-0.25, -0.2) is 0 Å². The minimum Gasteiger partial charge on any atom is -0.341 e. The molecule has 0 bridgehead atoms. The lowest BCUT2D eigenvalue weighted by Gasteiger charge is -2.21. The quantitative estimate of drug-likeness (QED) is 0.494. The van der Waals surface area contributed by atoms with Gasteiger partial charge in [-0.3, -0.25) is 9.59 Å². The molecule has 0 radical (unpaired) electrons. The van der Waals surface area contributed by atoms with Crippen molar-refractivity contribution in [1.29, 1.82) is 15.8 Å². The number of carbonyl (C=O) groups excluding carboxylic acids is 2. The minimum absolute atomic E-state index is 0.000371. The van der Waals surface area contributed by atoms with E-state index in [-0.39, 0.29) is 50.3 Å². The largest absolute Gasteiger partial charge is 0.341 e. The molecule has 1 aliphatic heterocycles. The number of benzene rings is 1. The van der Waals surface area contributed by atoms with Crippen molar-refractivity contribution in [3.8, 4) is 18.2 Å². The predicted octanol–water partition coefficient (Wildman–Crippen LogP) is 2.31. The van der Waals surface area contributed by atoms with Gasteiger partial charge in [-0.05, 0) is 12.1 Å². The number of hydrogen-bond acceptors (Lipinski definition) is 7. The number of anilines is 2. The normalized spacial score (nSPS) is 11.9.